The van der Waals surface area contributed by atoms with Crippen LogP contribution in [0, 0.1) is 3.57 Å². The molecule has 0 unspecified atom stereocenters. The van der Waals surface area contributed by atoms with Crippen LogP contribution in [0.5, 0.6) is 5.75 Å². The van der Waals surface area contributed by atoms with Crippen molar-refractivity contribution in [1.29, 1.82) is 0 Å². The van der Waals surface area contributed by atoms with Crippen molar-refractivity contribution in [3.63, 3.8) is 0 Å². The third-order valence-corrected chi connectivity index (χ3v) is 5.79. The van der Waals surface area contributed by atoms with Gasteiger partial charge in [0.25, 0.3) is 5.91 Å². The predicted molar refractivity (Wildman–Crippen MR) is 117 cm³/mol. The molecule has 134 valence electrons. The van der Waals surface area contributed by atoms with Crippen LogP contribution in [0.25, 0.3) is 6.08 Å². The lowest BCUT2D eigenvalue weighted by Gasteiger charge is -2.12. The van der Waals surface area contributed by atoms with E-state index in [1.165, 1.54) is 11.8 Å². The Morgan fingerprint density at radius 2 is 1.88 bits per heavy atom. The van der Waals surface area contributed by atoms with Crippen molar-refractivity contribution in [3.05, 3.63) is 56.5 Å². The van der Waals surface area contributed by atoms with Gasteiger partial charge in [-0.25, -0.2) is 4.99 Å². The lowest BCUT2D eigenvalue weighted by molar-refractivity contribution is -0.121. The molecule has 0 saturated carbocycles. The Kier molecular flexibility index (Phi) is 5.57. The number of benzene rings is 2. The fourth-order valence-electron chi connectivity index (χ4n) is 2.35. The van der Waals surface area contributed by atoms with Crippen LogP contribution in [-0.2, 0) is 4.79 Å². The van der Waals surface area contributed by atoms with Gasteiger partial charge in [0.05, 0.1) is 14.2 Å². The number of likely N-dealkylation sites (N-methyl/N-ethyl adjacent to an activating group) is 1. The lowest BCUT2D eigenvalue weighted by Crippen LogP contribution is -2.23. The smallest absolute Gasteiger partial charge is 0.266 e. The number of aromatic hydroxyl groups is 1. The molecule has 1 aliphatic heterocycles. The Bertz CT molecular complexity index is 908. The van der Waals surface area contributed by atoms with Crippen LogP contribution >= 0.6 is 34.4 Å². The van der Waals surface area contributed by atoms with Crippen molar-refractivity contribution in [2.45, 2.75) is 0 Å². The first-order valence-corrected chi connectivity index (χ1v) is 9.77. The summed E-state index contributed by atoms with van der Waals surface area (Å²) in [7, 11) is 5.70. The van der Waals surface area contributed by atoms with E-state index >= 15 is 0 Å². The Morgan fingerprint density at radius 1 is 1.19 bits per heavy atom. The van der Waals surface area contributed by atoms with Gasteiger partial charge in [0, 0.05) is 26.8 Å². The highest BCUT2D eigenvalue weighted by Crippen LogP contribution is 2.34. The third kappa shape index (κ3) is 4.04. The summed E-state index contributed by atoms with van der Waals surface area (Å²) in [5, 5.41) is 10.3. The number of anilines is 1. The number of hydrogen-bond acceptors (Lipinski definition) is 5. The van der Waals surface area contributed by atoms with Gasteiger partial charge < -0.3 is 10.0 Å². The summed E-state index contributed by atoms with van der Waals surface area (Å²) in [6, 6.07) is 13.1. The van der Waals surface area contributed by atoms with Gasteiger partial charge in [-0.2, -0.15) is 0 Å². The maximum atomic E-state index is 12.5. The summed E-state index contributed by atoms with van der Waals surface area (Å²) in [5.74, 6) is 0.153. The van der Waals surface area contributed by atoms with E-state index in [4.69, 9.17) is 0 Å². The maximum absolute atomic E-state index is 12.5. The largest absolute Gasteiger partial charge is 0.507 e. The molecule has 1 aliphatic rings. The van der Waals surface area contributed by atoms with Gasteiger partial charge in [-0.1, -0.05) is 6.07 Å². The zero-order valence-electron chi connectivity index (χ0n) is 14.6. The number of amidine groups is 1. The SMILES string of the molecule is CN1C(=O)/C(=C/c2ccc(O)c(I)c2)SC1=Nc1ccc(N(C)C)cc1. The Balaban J connectivity index is 1.85. The fourth-order valence-corrected chi connectivity index (χ4v) is 3.88. The van der Waals surface area contributed by atoms with Crippen LogP contribution in [-0.4, -0.2) is 42.2 Å². The Hall–Kier alpha value is -2.00. The minimum Gasteiger partial charge on any atom is -0.507 e. The number of thioether (sulfide) groups is 1. The van der Waals surface area contributed by atoms with E-state index in [1.807, 2.05) is 55.4 Å². The van der Waals surface area contributed by atoms with Gasteiger partial charge in [-0.15, -0.1) is 0 Å². The van der Waals surface area contributed by atoms with Crippen molar-refractivity contribution in [3.8, 4) is 5.75 Å². The van der Waals surface area contributed by atoms with Crippen molar-refractivity contribution < 1.29 is 9.90 Å². The molecule has 1 saturated heterocycles. The zero-order valence-corrected chi connectivity index (χ0v) is 17.6. The fraction of sp³-hybridized carbons (Fsp3) is 0.158. The zero-order chi connectivity index (χ0) is 18.8. The molecule has 0 bridgehead atoms. The van der Waals surface area contributed by atoms with Crippen molar-refractivity contribution in [2.24, 2.45) is 4.99 Å². The number of rotatable bonds is 3. The maximum Gasteiger partial charge on any atom is 0.266 e. The minimum atomic E-state index is -0.0817. The van der Waals surface area contributed by atoms with E-state index in [2.05, 4.69) is 27.6 Å². The average Bonchev–Trinajstić information content (AvgIpc) is 2.87. The predicted octanol–water partition coefficient (Wildman–Crippen LogP) is 4.30. The summed E-state index contributed by atoms with van der Waals surface area (Å²) in [6.45, 7) is 0. The van der Waals surface area contributed by atoms with Crippen molar-refractivity contribution >= 4 is 62.9 Å². The van der Waals surface area contributed by atoms with Crippen LogP contribution in [0.4, 0.5) is 11.4 Å². The standard InChI is InChI=1S/C19H18IN3O2S/c1-22(2)14-7-5-13(6-8-14)21-19-23(3)18(25)17(26-19)11-12-4-9-16(24)15(20)10-12/h4-11,24H,1-3H3/b17-11-,21-19?. The third-order valence-electron chi connectivity index (χ3n) is 3.86. The summed E-state index contributed by atoms with van der Waals surface area (Å²) in [4.78, 5) is 21.3. The van der Waals surface area contributed by atoms with Crippen LogP contribution in [0.15, 0.2) is 52.4 Å². The molecule has 26 heavy (non-hydrogen) atoms. The van der Waals surface area contributed by atoms with Gasteiger partial charge in [-0.3, -0.25) is 9.69 Å². The van der Waals surface area contributed by atoms with E-state index in [9.17, 15) is 9.90 Å². The number of phenolic OH excluding ortho intramolecular Hbond substituents is 1. The number of hydrogen-bond donors (Lipinski definition) is 1. The van der Waals surface area contributed by atoms with E-state index < -0.39 is 0 Å². The molecule has 1 fully saturated rings. The molecule has 0 atom stereocenters. The molecular weight excluding hydrogens is 461 g/mol. The van der Waals surface area contributed by atoms with Gasteiger partial charge >= 0.3 is 0 Å². The molecule has 5 nitrogen and oxygen atoms in total. The van der Waals surface area contributed by atoms with Gasteiger partial charge in [0.2, 0.25) is 0 Å². The van der Waals surface area contributed by atoms with Gasteiger partial charge in [0.15, 0.2) is 5.17 Å². The monoisotopic (exact) mass is 479 g/mol. The van der Waals surface area contributed by atoms with Gasteiger partial charge in [-0.05, 0) is 82.4 Å². The van der Waals surface area contributed by atoms with Crippen LogP contribution in [0.2, 0.25) is 0 Å². The molecule has 0 radical (unpaired) electrons. The number of nitrogens with zero attached hydrogens (tertiary/aromatic N) is 3. The first-order valence-electron chi connectivity index (χ1n) is 7.87. The number of carbonyl (C=O) groups excluding carboxylic acids is 1. The second kappa shape index (κ2) is 7.71. The quantitative estimate of drug-likeness (QED) is 0.527. The minimum absolute atomic E-state index is 0.0817. The van der Waals surface area contributed by atoms with E-state index in [1.54, 1.807) is 24.1 Å². The molecule has 3 rings (SSSR count). The molecule has 1 heterocycles. The van der Waals surface area contributed by atoms with Crippen molar-refractivity contribution in [1.82, 2.24) is 4.90 Å². The molecule has 7 heteroatoms. The number of phenols is 1. The lowest BCUT2D eigenvalue weighted by atomic mass is 10.2. The number of amides is 1. The molecule has 2 aromatic rings. The molecule has 0 aromatic heterocycles. The van der Waals surface area contributed by atoms with E-state index in [0.29, 0.717) is 10.1 Å². The van der Waals surface area contributed by atoms with E-state index in [0.717, 1.165) is 20.5 Å². The highest BCUT2D eigenvalue weighted by Gasteiger charge is 2.30. The first-order chi connectivity index (χ1) is 12.3. The van der Waals surface area contributed by atoms with Crippen LogP contribution in [0.1, 0.15) is 5.56 Å². The second-order valence-corrected chi connectivity index (χ2v) is 8.16. The highest BCUT2D eigenvalue weighted by molar-refractivity contribution is 14.1. The molecule has 0 aliphatic carbocycles. The molecular formula is C19H18IN3O2S. The second-order valence-electron chi connectivity index (χ2n) is 5.99. The normalized spacial score (nSPS) is 17.4. The Labute approximate surface area is 170 Å². The molecule has 1 N–H and O–H groups in total. The molecule has 2 aromatic carbocycles. The van der Waals surface area contributed by atoms with E-state index in [-0.39, 0.29) is 11.7 Å². The molecule has 1 amide bonds. The van der Waals surface area contributed by atoms with Crippen LogP contribution in [0.3, 0.4) is 0 Å². The van der Waals surface area contributed by atoms with Crippen LogP contribution < -0.4 is 4.90 Å². The molecule has 0 spiro atoms. The Morgan fingerprint density at radius 3 is 2.50 bits per heavy atom. The summed E-state index contributed by atoms with van der Waals surface area (Å²) >= 11 is 3.41. The summed E-state index contributed by atoms with van der Waals surface area (Å²) in [6.07, 6.45) is 1.82. The number of aliphatic imine (C=N–C) groups is 1. The number of carbonyl (C=O) groups is 1. The topological polar surface area (TPSA) is 56.1 Å². The van der Waals surface area contributed by atoms with Crippen molar-refractivity contribution in [2.75, 3.05) is 26.0 Å². The summed E-state index contributed by atoms with van der Waals surface area (Å²) in [5.41, 5.74) is 2.77. The number of halogens is 1. The van der Waals surface area contributed by atoms with Gasteiger partial charge in [0.1, 0.15) is 5.75 Å². The summed E-state index contributed by atoms with van der Waals surface area (Å²) < 4.78 is 0.746. The average molecular weight is 479 g/mol. The first kappa shape index (κ1) is 18.8. The highest BCUT2D eigenvalue weighted by atomic mass is 127.